The number of carbonyl (C=O) groups excluding carboxylic acids is 1. The monoisotopic (exact) mass is 428 g/mol. The Morgan fingerprint density at radius 1 is 1.10 bits per heavy atom. The summed E-state index contributed by atoms with van der Waals surface area (Å²) in [6, 6.07) is 15.6. The van der Waals surface area contributed by atoms with Gasteiger partial charge in [0.15, 0.2) is 0 Å². The van der Waals surface area contributed by atoms with Crippen molar-refractivity contribution >= 4 is 51.5 Å². The highest BCUT2D eigenvalue weighted by molar-refractivity contribution is 6.35. The van der Waals surface area contributed by atoms with E-state index in [4.69, 9.17) is 23.2 Å². The molecule has 3 N–H and O–H groups in total. The summed E-state index contributed by atoms with van der Waals surface area (Å²) in [6.45, 7) is 0. The highest BCUT2D eigenvalue weighted by Crippen LogP contribution is 2.40. The summed E-state index contributed by atoms with van der Waals surface area (Å²) in [5, 5.41) is 18.2. The van der Waals surface area contributed by atoms with Crippen LogP contribution in [-0.2, 0) is 16.0 Å². The maximum atomic E-state index is 12.8. The minimum absolute atomic E-state index is 0.184. The molecule has 0 spiro atoms. The van der Waals surface area contributed by atoms with Gasteiger partial charge in [0.25, 0.3) is 0 Å². The molecule has 5 nitrogen and oxygen atoms in total. The molecule has 0 aliphatic carbocycles. The van der Waals surface area contributed by atoms with Crippen molar-refractivity contribution in [2.75, 3.05) is 5.32 Å². The molecule has 0 radical (unpaired) electrons. The van der Waals surface area contributed by atoms with Crippen LogP contribution >= 0.6 is 23.2 Å². The Kier molecular flexibility index (Phi) is 5.35. The minimum atomic E-state index is -1.000. The number of benzene rings is 3. The molecular weight excluding hydrogens is 411 g/mol. The van der Waals surface area contributed by atoms with Crippen molar-refractivity contribution in [2.45, 2.75) is 24.9 Å². The summed E-state index contributed by atoms with van der Waals surface area (Å²) in [5.41, 5.74) is 2.09. The number of fused-ring (bicyclic) bond motifs is 2. The molecule has 1 aliphatic heterocycles. The second-order valence-corrected chi connectivity index (χ2v) is 7.90. The van der Waals surface area contributed by atoms with Gasteiger partial charge in [0.05, 0.1) is 12.5 Å². The first kappa shape index (κ1) is 19.6. The van der Waals surface area contributed by atoms with E-state index >= 15 is 0 Å². The maximum Gasteiger partial charge on any atom is 0.326 e. The molecule has 0 bridgehead atoms. The van der Waals surface area contributed by atoms with Crippen LogP contribution in [0.5, 0.6) is 0 Å². The summed E-state index contributed by atoms with van der Waals surface area (Å²) in [7, 11) is 0. The van der Waals surface area contributed by atoms with E-state index in [-0.39, 0.29) is 18.7 Å². The summed E-state index contributed by atoms with van der Waals surface area (Å²) < 4.78 is 0. The van der Waals surface area contributed by atoms with Crippen molar-refractivity contribution in [3.8, 4) is 0 Å². The minimum Gasteiger partial charge on any atom is -0.480 e. The number of hydrogen-bond acceptors (Lipinski definition) is 3. The van der Waals surface area contributed by atoms with Crippen LogP contribution in [0.25, 0.3) is 10.8 Å². The van der Waals surface area contributed by atoms with Crippen molar-refractivity contribution in [1.82, 2.24) is 5.32 Å². The van der Waals surface area contributed by atoms with Crippen molar-refractivity contribution in [1.29, 1.82) is 0 Å². The van der Waals surface area contributed by atoms with E-state index in [2.05, 4.69) is 10.6 Å². The second kappa shape index (κ2) is 7.93. The molecule has 1 aliphatic rings. The number of carboxylic acid groups (broad SMARTS) is 1. The maximum absolute atomic E-state index is 12.8. The fourth-order valence-corrected chi connectivity index (χ4v) is 4.44. The fourth-order valence-electron chi connectivity index (χ4n) is 3.82. The average Bonchev–Trinajstić information content (AvgIpc) is 2.67. The van der Waals surface area contributed by atoms with Gasteiger partial charge in [0.1, 0.15) is 6.04 Å². The number of nitrogens with one attached hydrogen (secondary N) is 2. The van der Waals surface area contributed by atoms with E-state index in [0.717, 1.165) is 16.3 Å². The molecule has 4 rings (SSSR count). The number of rotatable bonds is 4. The van der Waals surface area contributed by atoms with Crippen LogP contribution in [-0.4, -0.2) is 23.0 Å². The van der Waals surface area contributed by atoms with Crippen molar-refractivity contribution < 1.29 is 14.7 Å². The lowest BCUT2D eigenvalue weighted by Crippen LogP contribution is -2.41. The Bertz CT molecular complexity index is 1110. The zero-order valence-electron chi connectivity index (χ0n) is 15.3. The Labute approximate surface area is 177 Å². The number of amides is 1. The Balaban J connectivity index is 1.61. The Morgan fingerprint density at radius 2 is 1.86 bits per heavy atom. The highest BCUT2D eigenvalue weighted by atomic mass is 35.5. The van der Waals surface area contributed by atoms with Gasteiger partial charge in [-0.1, -0.05) is 65.7 Å². The van der Waals surface area contributed by atoms with Crippen LogP contribution in [0.15, 0.2) is 54.6 Å². The average molecular weight is 429 g/mol. The molecule has 3 aromatic rings. The standard InChI is InChI=1S/C22H18Cl2N2O3/c23-14-9-16(24)21-17(10-14)25-19(22(28)29)11-18(21)26-20(27)8-13-6-3-5-12-4-1-2-7-15(12)13/h1-7,9-10,18-19,25H,8,11H2,(H,26,27)(H,28,29). The summed E-state index contributed by atoms with van der Waals surface area (Å²) in [4.78, 5) is 24.4. The van der Waals surface area contributed by atoms with Crippen LogP contribution in [0.3, 0.4) is 0 Å². The van der Waals surface area contributed by atoms with E-state index in [1.165, 1.54) is 0 Å². The molecular formula is C22H18Cl2N2O3. The smallest absolute Gasteiger partial charge is 0.326 e. The molecule has 148 valence electrons. The van der Waals surface area contributed by atoms with E-state index < -0.39 is 18.1 Å². The van der Waals surface area contributed by atoms with Crippen molar-refractivity contribution in [3.05, 3.63) is 75.8 Å². The van der Waals surface area contributed by atoms with Gasteiger partial charge in [-0.2, -0.15) is 0 Å². The first-order chi connectivity index (χ1) is 13.9. The number of hydrogen-bond donors (Lipinski definition) is 3. The zero-order valence-corrected chi connectivity index (χ0v) is 16.8. The first-order valence-electron chi connectivity index (χ1n) is 9.16. The topological polar surface area (TPSA) is 78.4 Å². The summed E-state index contributed by atoms with van der Waals surface area (Å²) in [6.07, 6.45) is 0.370. The van der Waals surface area contributed by atoms with Gasteiger partial charge < -0.3 is 15.7 Å². The molecule has 0 saturated carbocycles. The predicted octanol–water partition coefficient (Wildman–Crippen LogP) is 4.82. The number of carboxylic acids is 1. The van der Waals surface area contributed by atoms with E-state index in [1.807, 2.05) is 42.5 Å². The molecule has 29 heavy (non-hydrogen) atoms. The molecule has 1 amide bonds. The normalized spacial score (nSPS) is 18.0. The fraction of sp³-hybridized carbons (Fsp3) is 0.182. The number of aliphatic carboxylic acids is 1. The van der Waals surface area contributed by atoms with E-state index in [0.29, 0.717) is 21.3 Å². The van der Waals surface area contributed by atoms with E-state index in [9.17, 15) is 14.7 Å². The van der Waals surface area contributed by atoms with Crippen molar-refractivity contribution in [3.63, 3.8) is 0 Å². The second-order valence-electron chi connectivity index (χ2n) is 7.05. The van der Waals surface area contributed by atoms with Gasteiger partial charge in [0.2, 0.25) is 5.91 Å². The Morgan fingerprint density at radius 3 is 2.66 bits per heavy atom. The van der Waals surface area contributed by atoms with Gasteiger partial charge in [-0.25, -0.2) is 4.79 Å². The third kappa shape index (κ3) is 4.02. The first-order valence-corrected chi connectivity index (χ1v) is 9.92. The van der Waals surface area contributed by atoms with Gasteiger partial charge in [-0.15, -0.1) is 0 Å². The van der Waals surface area contributed by atoms with Crippen LogP contribution in [0.4, 0.5) is 5.69 Å². The quantitative estimate of drug-likeness (QED) is 0.556. The number of carbonyl (C=O) groups is 2. The van der Waals surface area contributed by atoms with Gasteiger partial charge >= 0.3 is 5.97 Å². The van der Waals surface area contributed by atoms with E-state index in [1.54, 1.807) is 12.1 Å². The summed E-state index contributed by atoms with van der Waals surface area (Å²) >= 11 is 12.4. The lowest BCUT2D eigenvalue weighted by molar-refractivity contribution is -0.138. The largest absolute Gasteiger partial charge is 0.480 e. The van der Waals surface area contributed by atoms with Gasteiger partial charge in [-0.05, 0) is 28.5 Å². The molecule has 3 aromatic carbocycles. The molecule has 2 unspecified atom stereocenters. The molecule has 2 atom stereocenters. The number of halogens is 2. The SMILES string of the molecule is O=C(Cc1cccc2ccccc12)NC1CC(C(=O)O)Nc2cc(Cl)cc(Cl)c21. The zero-order chi connectivity index (χ0) is 20.5. The number of anilines is 1. The lowest BCUT2D eigenvalue weighted by atomic mass is 9.92. The third-order valence-electron chi connectivity index (χ3n) is 5.11. The Hall–Kier alpha value is -2.76. The molecule has 0 aromatic heterocycles. The third-order valence-corrected chi connectivity index (χ3v) is 5.64. The van der Waals surface area contributed by atoms with Crippen LogP contribution in [0, 0.1) is 0 Å². The molecule has 0 saturated heterocycles. The van der Waals surface area contributed by atoms with Crippen LogP contribution in [0.2, 0.25) is 10.0 Å². The van der Waals surface area contributed by atoms with Gasteiger partial charge in [0, 0.05) is 27.7 Å². The predicted molar refractivity (Wildman–Crippen MR) is 115 cm³/mol. The molecule has 0 fully saturated rings. The van der Waals surface area contributed by atoms with Gasteiger partial charge in [-0.3, -0.25) is 4.79 Å². The van der Waals surface area contributed by atoms with Crippen LogP contribution < -0.4 is 10.6 Å². The molecule has 7 heteroatoms. The summed E-state index contributed by atoms with van der Waals surface area (Å²) in [5.74, 6) is -1.20. The highest BCUT2D eigenvalue weighted by Gasteiger charge is 2.33. The van der Waals surface area contributed by atoms with Crippen LogP contribution in [0.1, 0.15) is 23.6 Å². The van der Waals surface area contributed by atoms with Crippen molar-refractivity contribution in [2.24, 2.45) is 0 Å². The molecule has 1 heterocycles. The lowest BCUT2D eigenvalue weighted by Gasteiger charge is -2.32.